The van der Waals surface area contributed by atoms with E-state index in [1.807, 2.05) is 18.2 Å². The van der Waals surface area contributed by atoms with Gasteiger partial charge in [0.1, 0.15) is 5.75 Å². The highest BCUT2D eigenvalue weighted by Crippen LogP contribution is 2.29. The highest BCUT2D eigenvalue weighted by molar-refractivity contribution is 7.22. The third-order valence-corrected chi connectivity index (χ3v) is 4.51. The fraction of sp³-hybridized carbons (Fsp3) is 0.176. The number of methoxy groups -OCH3 is 1. The molecule has 3 aromatic rings. The molecule has 118 valence electrons. The molecule has 0 aliphatic carbocycles. The van der Waals surface area contributed by atoms with Gasteiger partial charge in [0.15, 0.2) is 5.13 Å². The summed E-state index contributed by atoms with van der Waals surface area (Å²) in [7, 11) is 1.57. The summed E-state index contributed by atoms with van der Waals surface area (Å²) in [6.45, 7) is 4.12. The Labute approximate surface area is 138 Å². The average Bonchev–Trinajstić information content (AvgIpc) is 2.89. The van der Waals surface area contributed by atoms with Crippen molar-refractivity contribution in [2.24, 2.45) is 0 Å². The highest BCUT2D eigenvalue weighted by atomic mass is 32.1. The normalized spacial score (nSPS) is 10.6. The quantitative estimate of drug-likeness (QED) is 0.741. The Kier molecular flexibility index (Phi) is 4.16. The Morgan fingerprint density at radius 1 is 1.13 bits per heavy atom. The number of fused-ring (bicyclic) bond motifs is 1. The van der Waals surface area contributed by atoms with Crippen LogP contribution >= 0.6 is 11.3 Å². The number of carbonyl (C=O) groups is 1. The summed E-state index contributed by atoms with van der Waals surface area (Å²) in [5, 5.41) is 6.11. The maximum absolute atomic E-state index is 12.1. The molecule has 0 aliphatic rings. The van der Waals surface area contributed by atoms with Crippen LogP contribution < -0.4 is 15.4 Å². The van der Waals surface area contributed by atoms with Gasteiger partial charge in [0.05, 0.1) is 23.0 Å². The van der Waals surface area contributed by atoms with Crippen molar-refractivity contribution in [2.45, 2.75) is 13.8 Å². The summed E-state index contributed by atoms with van der Waals surface area (Å²) in [4.78, 5) is 16.6. The SMILES string of the molecule is COc1ccccc1NC(=O)Nc1nc2cc(C)c(C)cc2s1. The van der Waals surface area contributed by atoms with Gasteiger partial charge in [0, 0.05) is 0 Å². The van der Waals surface area contributed by atoms with E-state index in [-0.39, 0.29) is 6.03 Å². The first kappa shape index (κ1) is 15.3. The van der Waals surface area contributed by atoms with E-state index in [1.165, 1.54) is 22.5 Å². The molecule has 0 atom stereocenters. The number of ether oxygens (including phenoxy) is 1. The topological polar surface area (TPSA) is 63.2 Å². The number of rotatable bonds is 3. The minimum atomic E-state index is -0.345. The summed E-state index contributed by atoms with van der Waals surface area (Å²) in [6.07, 6.45) is 0. The smallest absolute Gasteiger partial charge is 0.325 e. The van der Waals surface area contributed by atoms with E-state index in [9.17, 15) is 4.79 Å². The number of thiazole rings is 1. The lowest BCUT2D eigenvalue weighted by Gasteiger charge is -2.09. The lowest BCUT2D eigenvalue weighted by atomic mass is 10.1. The van der Waals surface area contributed by atoms with Crippen LogP contribution in [0.3, 0.4) is 0 Å². The van der Waals surface area contributed by atoms with Gasteiger partial charge in [-0.1, -0.05) is 23.5 Å². The molecule has 6 heteroatoms. The Balaban J connectivity index is 1.77. The van der Waals surface area contributed by atoms with Gasteiger partial charge in [-0.3, -0.25) is 5.32 Å². The van der Waals surface area contributed by atoms with Gasteiger partial charge in [0.2, 0.25) is 0 Å². The van der Waals surface area contributed by atoms with E-state index in [4.69, 9.17) is 4.74 Å². The molecule has 2 amide bonds. The number of nitrogens with one attached hydrogen (secondary N) is 2. The molecule has 0 spiro atoms. The molecule has 0 saturated heterocycles. The molecule has 0 fully saturated rings. The first-order valence-electron chi connectivity index (χ1n) is 7.15. The first-order chi connectivity index (χ1) is 11.1. The highest BCUT2D eigenvalue weighted by Gasteiger charge is 2.10. The van der Waals surface area contributed by atoms with Gasteiger partial charge < -0.3 is 10.1 Å². The predicted molar refractivity (Wildman–Crippen MR) is 94.7 cm³/mol. The van der Waals surface area contributed by atoms with Gasteiger partial charge in [0.25, 0.3) is 0 Å². The van der Waals surface area contributed by atoms with Crippen LogP contribution in [0.25, 0.3) is 10.2 Å². The Bertz CT molecular complexity index is 834. The van der Waals surface area contributed by atoms with Crippen LogP contribution in [0.5, 0.6) is 5.75 Å². The van der Waals surface area contributed by atoms with Gasteiger partial charge in [-0.2, -0.15) is 0 Å². The van der Waals surface area contributed by atoms with E-state index in [2.05, 4.69) is 35.5 Å². The molecule has 0 saturated carbocycles. The van der Waals surface area contributed by atoms with Crippen molar-refractivity contribution in [2.75, 3.05) is 17.7 Å². The number of para-hydroxylation sites is 2. The fourth-order valence-electron chi connectivity index (χ4n) is 2.23. The Hall–Kier alpha value is -2.60. The van der Waals surface area contributed by atoms with Gasteiger partial charge in [-0.25, -0.2) is 9.78 Å². The number of hydrogen-bond acceptors (Lipinski definition) is 4. The maximum Gasteiger partial charge on any atom is 0.325 e. The van der Waals surface area contributed by atoms with E-state index >= 15 is 0 Å². The molecule has 0 unspecified atom stereocenters. The number of urea groups is 1. The zero-order valence-corrected chi connectivity index (χ0v) is 14.0. The summed E-state index contributed by atoms with van der Waals surface area (Å²) in [6, 6.07) is 11.0. The second-order valence-electron chi connectivity index (χ2n) is 5.20. The van der Waals surface area contributed by atoms with Crippen molar-refractivity contribution < 1.29 is 9.53 Å². The molecule has 0 bridgehead atoms. The van der Waals surface area contributed by atoms with Crippen molar-refractivity contribution in [3.63, 3.8) is 0 Å². The number of carbonyl (C=O) groups excluding carboxylic acids is 1. The van der Waals surface area contributed by atoms with E-state index < -0.39 is 0 Å². The monoisotopic (exact) mass is 327 g/mol. The molecule has 1 aromatic heterocycles. The minimum absolute atomic E-state index is 0.345. The van der Waals surface area contributed by atoms with Crippen LogP contribution in [0.1, 0.15) is 11.1 Å². The molecule has 2 aromatic carbocycles. The molecule has 1 heterocycles. The summed E-state index contributed by atoms with van der Waals surface area (Å²) < 4.78 is 6.27. The van der Waals surface area contributed by atoms with Crippen molar-refractivity contribution in [1.29, 1.82) is 0 Å². The molecular formula is C17H17N3O2S. The molecule has 23 heavy (non-hydrogen) atoms. The Morgan fingerprint density at radius 2 is 1.87 bits per heavy atom. The van der Waals surface area contributed by atoms with Crippen LogP contribution in [-0.4, -0.2) is 18.1 Å². The number of anilines is 2. The van der Waals surface area contributed by atoms with Crippen LogP contribution in [0.2, 0.25) is 0 Å². The number of benzene rings is 2. The molecule has 0 aliphatic heterocycles. The van der Waals surface area contributed by atoms with Crippen molar-refractivity contribution >= 4 is 38.4 Å². The molecule has 2 N–H and O–H groups in total. The van der Waals surface area contributed by atoms with Gasteiger partial charge >= 0.3 is 6.03 Å². The first-order valence-corrected chi connectivity index (χ1v) is 7.97. The fourth-order valence-corrected chi connectivity index (χ4v) is 3.17. The van der Waals surface area contributed by atoms with Crippen LogP contribution in [0, 0.1) is 13.8 Å². The minimum Gasteiger partial charge on any atom is -0.495 e. The zero-order valence-electron chi connectivity index (χ0n) is 13.1. The third-order valence-electron chi connectivity index (χ3n) is 3.58. The van der Waals surface area contributed by atoms with E-state index in [0.29, 0.717) is 16.6 Å². The summed E-state index contributed by atoms with van der Waals surface area (Å²) >= 11 is 1.45. The van der Waals surface area contributed by atoms with Crippen LogP contribution in [0.15, 0.2) is 36.4 Å². The standard InChI is InChI=1S/C17H17N3O2S/c1-10-8-13-15(9-11(10)2)23-17(19-13)20-16(21)18-12-6-4-5-7-14(12)22-3/h4-9H,1-3H3,(H2,18,19,20,21). The van der Waals surface area contributed by atoms with Crippen molar-refractivity contribution in [1.82, 2.24) is 4.98 Å². The van der Waals surface area contributed by atoms with E-state index in [1.54, 1.807) is 19.2 Å². The summed E-state index contributed by atoms with van der Waals surface area (Å²) in [5.41, 5.74) is 3.91. The third kappa shape index (κ3) is 3.27. The lowest BCUT2D eigenvalue weighted by Crippen LogP contribution is -2.19. The molecular weight excluding hydrogens is 310 g/mol. The molecule has 0 radical (unpaired) electrons. The molecule has 3 rings (SSSR count). The van der Waals surface area contributed by atoms with Gasteiger partial charge in [-0.05, 0) is 49.2 Å². The van der Waals surface area contributed by atoms with Crippen molar-refractivity contribution in [3.8, 4) is 5.75 Å². The van der Waals surface area contributed by atoms with Crippen molar-refractivity contribution in [3.05, 3.63) is 47.5 Å². The predicted octanol–water partition coefficient (Wildman–Crippen LogP) is 4.57. The Morgan fingerprint density at radius 3 is 2.65 bits per heavy atom. The number of hydrogen-bond donors (Lipinski definition) is 2. The van der Waals surface area contributed by atoms with Crippen LogP contribution in [0.4, 0.5) is 15.6 Å². The number of aryl methyl sites for hydroxylation is 2. The number of aromatic nitrogens is 1. The van der Waals surface area contributed by atoms with E-state index in [0.717, 1.165) is 10.2 Å². The maximum atomic E-state index is 12.1. The zero-order chi connectivity index (χ0) is 16.4. The average molecular weight is 327 g/mol. The largest absolute Gasteiger partial charge is 0.495 e. The number of nitrogens with zero attached hydrogens (tertiary/aromatic N) is 1. The lowest BCUT2D eigenvalue weighted by molar-refractivity contribution is 0.262. The summed E-state index contributed by atoms with van der Waals surface area (Å²) in [5.74, 6) is 0.609. The van der Waals surface area contributed by atoms with Gasteiger partial charge in [-0.15, -0.1) is 0 Å². The number of amides is 2. The van der Waals surface area contributed by atoms with Crippen LogP contribution in [-0.2, 0) is 0 Å². The second-order valence-corrected chi connectivity index (χ2v) is 6.23. The molecule has 5 nitrogen and oxygen atoms in total. The second kappa shape index (κ2) is 6.26.